The molecule has 0 bridgehead atoms. The Bertz CT molecular complexity index is 44.9. The molecule has 30 valence electrons. The van der Waals surface area contributed by atoms with Crippen molar-refractivity contribution in [2.75, 3.05) is 0 Å². The highest BCUT2D eigenvalue weighted by Gasteiger charge is 1.75. The molecule has 0 aromatic heterocycles. The zero-order chi connectivity index (χ0) is 4.28. The Morgan fingerprint density at radius 1 is 2.00 bits per heavy atom. The molecule has 0 N–H and O–H groups in total. The average Bonchev–Trinajstić information content (AvgIpc) is 1.38. The normalized spacial score (nSPS) is 6.80. The molecule has 3 heteroatoms. The molecule has 0 amide bonds. The molecule has 0 aliphatic rings. The largest absolute Gasteiger partial charge is 0.400 e. The molecule has 0 saturated carbocycles. The van der Waals surface area contributed by atoms with Crippen LogP contribution in [0.5, 0.6) is 0 Å². The second-order valence-electron chi connectivity index (χ2n) is 0.432. The van der Waals surface area contributed by atoms with Gasteiger partial charge in [-0.05, 0) is 6.58 Å². The van der Waals surface area contributed by atoms with Gasteiger partial charge >= 0.3 is 0 Å². The van der Waals surface area contributed by atoms with Crippen molar-refractivity contribution in [3.8, 4) is 0 Å². The summed E-state index contributed by atoms with van der Waals surface area (Å²) in [6.07, 6.45) is 0. The minimum absolute atomic E-state index is 0.759. The zero-order valence-corrected chi connectivity index (χ0v) is 4.53. The van der Waals surface area contributed by atoms with Crippen LogP contribution in [0.15, 0.2) is 12.6 Å². The van der Waals surface area contributed by atoms with Crippen molar-refractivity contribution in [1.82, 2.24) is 0 Å². The van der Waals surface area contributed by atoms with Crippen LogP contribution in [-0.2, 0) is 3.07 Å². The molecule has 0 aliphatic heterocycles. The molecule has 0 fully saturated rings. The lowest BCUT2D eigenvalue weighted by Crippen LogP contribution is -1.56. The molecular formula is C2H2FIO. The van der Waals surface area contributed by atoms with E-state index in [2.05, 4.69) is 9.65 Å². The SMILES string of the molecule is C=C(F)OI. The molecule has 0 aliphatic carbocycles. The number of hydrogen-bond acceptors (Lipinski definition) is 1. The maximum absolute atomic E-state index is 11.0. The Balaban J connectivity index is 2.85. The van der Waals surface area contributed by atoms with Gasteiger partial charge in [-0.1, -0.05) is 0 Å². The molecule has 0 aromatic carbocycles. The number of halogens is 2. The summed E-state index contributed by atoms with van der Waals surface area (Å²) in [5.41, 5.74) is 0. The summed E-state index contributed by atoms with van der Waals surface area (Å²) in [7, 11) is 0. The van der Waals surface area contributed by atoms with Crippen LogP contribution < -0.4 is 0 Å². The predicted molar refractivity (Wildman–Crippen MR) is 25.4 cm³/mol. The third-order valence-corrected chi connectivity index (χ3v) is 0.562. The molecule has 1 nitrogen and oxygen atoms in total. The summed E-state index contributed by atoms with van der Waals surface area (Å²) >= 11 is 1.40. The Kier molecular flexibility index (Phi) is 2.54. The molecular weight excluding hydrogens is 186 g/mol. The van der Waals surface area contributed by atoms with E-state index in [0.29, 0.717) is 0 Å². The fraction of sp³-hybridized carbons (Fsp3) is 0. The van der Waals surface area contributed by atoms with Gasteiger partial charge in [0.2, 0.25) is 0 Å². The Labute approximate surface area is 43.5 Å². The molecule has 5 heavy (non-hydrogen) atoms. The third-order valence-electron chi connectivity index (χ3n) is 0.0837. The van der Waals surface area contributed by atoms with Crippen molar-refractivity contribution >= 4 is 23.0 Å². The van der Waals surface area contributed by atoms with Crippen LogP contribution in [0.1, 0.15) is 0 Å². The van der Waals surface area contributed by atoms with Gasteiger partial charge in [-0.15, -0.1) is 0 Å². The first-order valence-electron chi connectivity index (χ1n) is 0.901. The molecule has 0 spiro atoms. The van der Waals surface area contributed by atoms with Crippen LogP contribution in [0.4, 0.5) is 4.39 Å². The molecule has 0 atom stereocenters. The smallest absolute Gasteiger partial charge is 0.275 e. The van der Waals surface area contributed by atoms with Crippen molar-refractivity contribution in [2.24, 2.45) is 0 Å². The molecule has 0 radical (unpaired) electrons. The van der Waals surface area contributed by atoms with Crippen molar-refractivity contribution in [3.63, 3.8) is 0 Å². The fourth-order valence-electron chi connectivity index (χ4n) is 0. The average molecular weight is 188 g/mol. The Morgan fingerprint density at radius 2 is 2.20 bits per heavy atom. The van der Waals surface area contributed by atoms with Gasteiger partial charge < -0.3 is 3.07 Å². The van der Waals surface area contributed by atoms with Gasteiger partial charge in [-0.25, -0.2) is 0 Å². The van der Waals surface area contributed by atoms with Crippen molar-refractivity contribution < 1.29 is 7.46 Å². The summed E-state index contributed by atoms with van der Waals surface area (Å²) < 4.78 is 14.9. The summed E-state index contributed by atoms with van der Waals surface area (Å²) in [4.78, 5) is 0. The van der Waals surface area contributed by atoms with Crippen molar-refractivity contribution in [2.45, 2.75) is 0 Å². The van der Waals surface area contributed by atoms with Gasteiger partial charge in [0, 0.05) is 0 Å². The maximum atomic E-state index is 11.0. The number of rotatable bonds is 1. The molecule has 0 unspecified atom stereocenters. The number of hydrogen-bond donors (Lipinski definition) is 0. The monoisotopic (exact) mass is 188 g/mol. The summed E-state index contributed by atoms with van der Waals surface area (Å²) in [6.45, 7) is 2.78. The van der Waals surface area contributed by atoms with E-state index >= 15 is 0 Å². The molecule has 0 saturated heterocycles. The van der Waals surface area contributed by atoms with Gasteiger partial charge in [0.05, 0.1) is 0 Å². The van der Waals surface area contributed by atoms with Crippen LogP contribution in [0.25, 0.3) is 0 Å². The van der Waals surface area contributed by atoms with Gasteiger partial charge in [0.1, 0.15) is 0 Å². The third kappa shape index (κ3) is 4.20. The van der Waals surface area contributed by atoms with E-state index in [1.54, 1.807) is 0 Å². The van der Waals surface area contributed by atoms with Gasteiger partial charge in [-0.2, -0.15) is 4.39 Å². The summed E-state index contributed by atoms with van der Waals surface area (Å²) in [5.74, 6) is 0. The molecule has 0 heterocycles. The highest BCUT2D eigenvalue weighted by atomic mass is 127. The standard InChI is InChI=1S/C2H2FIO/c1-2(3)5-4/h1H2. The summed E-state index contributed by atoms with van der Waals surface area (Å²) in [6, 6.07) is -0.759. The minimum atomic E-state index is -0.759. The fourth-order valence-corrected chi connectivity index (χ4v) is 0. The molecule has 0 rings (SSSR count). The van der Waals surface area contributed by atoms with E-state index in [9.17, 15) is 4.39 Å². The first-order valence-corrected chi connectivity index (χ1v) is 1.78. The minimum Gasteiger partial charge on any atom is -0.400 e. The van der Waals surface area contributed by atoms with E-state index < -0.39 is 6.01 Å². The lowest BCUT2D eigenvalue weighted by molar-refractivity contribution is 0.384. The van der Waals surface area contributed by atoms with Crippen LogP contribution >= 0.6 is 23.0 Å². The highest BCUT2D eigenvalue weighted by Crippen LogP contribution is 1.97. The lowest BCUT2D eigenvalue weighted by Gasteiger charge is -1.78. The van der Waals surface area contributed by atoms with Crippen LogP contribution in [0.3, 0.4) is 0 Å². The Morgan fingerprint density at radius 3 is 2.20 bits per heavy atom. The predicted octanol–water partition coefficient (Wildman–Crippen LogP) is 1.79. The van der Waals surface area contributed by atoms with E-state index in [1.165, 1.54) is 23.0 Å². The lowest BCUT2D eigenvalue weighted by atomic mass is 11.1. The Hall–Kier alpha value is 0.200. The van der Waals surface area contributed by atoms with E-state index in [1.807, 2.05) is 0 Å². The molecule has 0 aromatic rings. The topological polar surface area (TPSA) is 9.23 Å². The van der Waals surface area contributed by atoms with Crippen LogP contribution in [0.2, 0.25) is 0 Å². The van der Waals surface area contributed by atoms with Crippen LogP contribution in [0, 0.1) is 0 Å². The van der Waals surface area contributed by atoms with Gasteiger partial charge in [0.15, 0.2) is 23.0 Å². The second kappa shape index (κ2) is 2.44. The summed E-state index contributed by atoms with van der Waals surface area (Å²) in [5, 5.41) is 0. The van der Waals surface area contributed by atoms with Crippen molar-refractivity contribution in [3.05, 3.63) is 12.6 Å². The van der Waals surface area contributed by atoms with Gasteiger partial charge in [-0.3, -0.25) is 0 Å². The van der Waals surface area contributed by atoms with Gasteiger partial charge in [0.25, 0.3) is 6.01 Å². The van der Waals surface area contributed by atoms with E-state index in [4.69, 9.17) is 0 Å². The van der Waals surface area contributed by atoms with E-state index in [0.717, 1.165) is 0 Å². The quantitative estimate of drug-likeness (QED) is 0.450. The van der Waals surface area contributed by atoms with E-state index in [-0.39, 0.29) is 0 Å². The highest BCUT2D eigenvalue weighted by molar-refractivity contribution is 14.1. The first kappa shape index (κ1) is 5.20. The second-order valence-corrected chi connectivity index (χ2v) is 0.873. The first-order chi connectivity index (χ1) is 2.27. The maximum Gasteiger partial charge on any atom is 0.275 e. The van der Waals surface area contributed by atoms with Crippen molar-refractivity contribution in [1.29, 1.82) is 0 Å². The van der Waals surface area contributed by atoms with Crippen LogP contribution in [-0.4, -0.2) is 0 Å². The zero-order valence-electron chi connectivity index (χ0n) is 2.37.